The molecule has 1 heterocycles. The van der Waals surface area contributed by atoms with E-state index in [1.165, 1.54) is 17.6 Å². The predicted octanol–water partition coefficient (Wildman–Crippen LogP) is 2.61. The molecule has 0 aliphatic carbocycles. The molecule has 4 nitrogen and oxygen atoms in total. The summed E-state index contributed by atoms with van der Waals surface area (Å²) in [5, 5.41) is 7.70. The van der Waals surface area contributed by atoms with Crippen molar-refractivity contribution in [1.82, 2.24) is 9.59 Å². The van der Waals surface area contributed by atoms with E-state index in [1.807, 2.05) is 6.92 Å². The summed E-state index contributed by atoms with van der Waals surface area (Å²) < 4.78 is 22.6. The normalized spacial score (nSPS) is 10.3. The van der Waals surface area contributed by atoms with Crippen molar-refractivity contribution in [3.05, 3.63) is 35.3 Å². The first kappa shape index (κ1) is 11.8. The lowest BCUT2D eigenvalue weighted by Crippen LogP contribution is -2.01. The summed E-state index contributed by atoms with van der Waals surface area (Å²) in [5.74, 6) is -0.134. The van der Waals surface area contributed by atoms with Gasteiger partial charge in [0, 0.05) is 18.6 Å². The number of nitrogens with one attached hydrogen (secondary N) is 1. The van der Waals surface area contributed by atoms with Crippen LogP contribution in [0.1, 0.15) is 11.3 Å². The third-order valence-corrected chi connectivity index (χ3v) is 3.02. The number of rotatable bonds is 4. The fourth-order valence-corrected chi connectivity index (χ4v) is 1.88. The smallest absolute Gasteiger partial charge is 0.165 e. The van der Waals surface area contributed by atoms with Gasteiger partial charge in [0.05, 0.1) is 0 Å². The van der Waals surface area contributed by atoms with Crippen LogP contribution in [0, 0.1) is 12.7 Å². The van der Waals surface area contributed by atoms with Gasteiger partial charge in [-0.3, -0.25) is 0 Å². The summed E-state index contributed by atoms with van der Waals surface area (Å²) >= 11 is 1.25. The van der Waals surface area contributed by atoms with E-state index in [0.29, 0.717) is 5.69 Å². The molecule has 17 heavy (non-hydrogen) atoms. The van der Waals surface area contributed by atoms with Crippen molar-refractivity contribution in [3.8, 4) is 5.75 Å². The summed E-state index contributed by atoms with van der Waals surface area (Å²) in [6.45, 7) is 2.09. The van der Waals surface area contributed by atoms with Crippen LogP contribution in [0.3, 0.4) is 0 Å². The molecule has 0 aliphatic rings. The number of hydrogen-bond donors (Lipinski definition) is 1. The molecule has 1 N–H and O–H groups in total. The van der Waals surface area contributed by atoms with Gasteiger partial charge in [0.2, 0.25) is 0 Å². The zero-order valence-electron chi connectivity index (χ0n) is 9.53. The molecule has 0 amide bonds. The van der Waals surface area contributed by atoms with Crippen LogP contribution >= 0.6 is 11.5 Å². The Labute approximate surface area is 103 Å². The molecule has 0 saturated heterocycles. The Bertz CT molecular complexity index is 515. The molecule has 1 aromatic heterocycles. The van der Waals surface area contributed by atoms with E-state index < -0.39 is 0 Å². The van der Waals surface area contributed by atoms with E-state index in [9.17, 15) is 4.39 Å². The van der Waals surface area contributed by atoms with E-state index in [0.717, 1.165) is 10.6 Å². The van der Waals surface area contributed by atoms with Crippen LogP contribution < -0.4 is 10.1 Å². The predicted molar refractivity (Wildman–Crippen MR) is 64.9 cm³/mol. The van der Waals surface area contributed by atoms with Crippen LogP contribution in [0.25, 0.3) is 0 Å². The van der Waals surface area contributed by atoms with Gasteiger partial charge in [-0.05, 0) is 24.6 Å². The van der Waals surface area contributed by atoms with Gasteiger partial charge in [-0.1, -0.05) is 10.6 Å². The van der Waals surface area contributed by atoms with Gasteiger partial charge in [0.15, 0.2) is 11.6 Å². The number of hydrogen-bond acceptors (Lipinski definition) is 5. The van der Waals surface area contributed by atoms with E-state index in [-0.39, 0.29) is 18.2 Å². The Kier molecular flexibility index (Phi) is 3.53. The van der Waals surface area contributed by atoms with Crippen LogP contribution in [-0.2, 0) is 6.61 Å². The Morgan fingerprint density at radius 3 is 3.06 bits per heavy atom. The third kappa shape index (κ3) is 2.71. The summed E-state index contributed by atoms with van der Waals surface area (Å²) in [5.41, 5.74) is 1.63. The highest BCUT2D eigenvalue weighted by atomic mass is 32.1. The van der Waals surface area contributed by atoms with Crippen LogP contribution in [0.5, 0.6) is 5.75 Å². The number of ether oxygens (including phenoxy) is 1. The maximum Gasteiger partial charge on any atom is 0.165 e. The fourth-order valence-electron chi connectivity index (χ4n) is 1.36. The summed E-state index contributed by atoms with van der Waals surface area (Å²) in [7, 11) is 1.78. The molecular weight excluding hydrogens is 241 g/mol. The Balaban J connectivity index is 2.09. The van der Waals surface area contributed by atoms with Gasteiger partial charge in [-0.25, -0.2) is 4.39 Å². The average molecular weight is 253 g/mol. The molecule has 0 atom stereocenters. The van der Waals surface area contributed by atoms with Crippen LogP contribution in [-0.4, -0.2) is 16.6 Å². The lowest BCUT2D eigenvalue weighted by Gasteiger charge is -2.07. The van der Waals surface area contributed by atoms with Crippen LogP contribution in [0.4, 0.5) is 9.39 Å². The minimum absolute atomic E-state index is 0.201. The molecule has 0 unspecified atom stereocenters. The highest BCUT2D eigenvalue weighted by Crippen LogP contribution is 2.22. The number of benzene rings is 1. The molecule has 0 aliphatic heterocycles. The Hall–Kier alpha value is -1.69. The van der Waals surface area contributed by atoms with Crippen molar-refractivity contribution in [1.29, 1.82) is 0 Å². The van der Waals surface area contributed by atoms with Gasteiger partial charge < -0.3 is 10.1 Å². The molecule has 0 fully saturated rings. The van der Waals surface area contributed by atoms with Gasteiger partial charge in [-0.15, -0.1) is 5.10 Å². The van der Waals surface area contributed by atoms with Crippen molar-refractivity contribution >= 4 is 16.5 Å². The largest absolute Gasteiger partial charge is 0.484 e. The summed E-state index contributed by atoms with van der Waals surface area (Å²) in [4.78, 5) is 0. The van der Waals surface area contributed by atoms with Crippen LogP contribution in [0.2, 0.25) is 0 Å². The standard InChI is InChI=1S/C11H12FN3OS/c1-7-3-4-8(12)10(5-7)16-6-9-11(13-2)17-15-14-9/h3-5,13H,6H2,1-2H3. The lowest BCUT2D eigenvalue weighted by molar-refractivity contribution is 0.286. The zero-order chi connectivity index (χ0) is 12.3. The van der Waals surface area contributed by atoms with Crippen molar-refractivity contribution < 1.29 is 9.13 Å². The number of aromatic nitrogens is 2. The molecule has 0 bridgehead atoms. The maximum absolute atomic E-state index is 13.4. The molecule has 2 aromatic rings. The van der Waals surface area contributed by atoms with E-state index in [4.69, 9.17) is 4.74 Å². The fraction of sp³-hybridized carbons (Fsp3) is 0.273. The molecule has 0 spiro atoms. The lowest BCUT2D eigenvalue weighted by atomic mass is 10.2. The molecule has 6 heteroatoms. The Morgan fingerprint density at radius 2 is 2.29 bits per heavy atom. The second kappa shape index (κ2) is 5.09. The molecule has 0 radical (unpaired) electrons. The highest BCUT2D eigenvalue weighted by Gasteiger charge is 2.09. The van der Waals surface area contributed by atoms with Crippen molar-refractivity contribution in [2.75, 3.05) is 12.4 Å². The first-order valence-electron chi connectivity index (χ1n) is 5.08. The monoisotopic (exact) mass is 253 g/mol. The van der Waals surface area contributed by atoms with E-state index in [1.54, 1.807) is 19.2 Å². The number of anilines is 1. The average Bonchev–Trinajstić information content (AvgIpc) is 2.77. The van der Waals surface area contributed by atoms with Gasteiger partial charge in [0.25, 0.3) is 0 Å². The van der Waals surface area contributed by atoms with Crippen molar-refractivity contribution in [2.24, 2.45) is 0 Å². The number of aryl methyl sites for hydroxylation is 1. The SMILES string of the molecule is CNc1snnc1COc1cc(C)ccc1F. The Morgan fingerprint density at radius 1 is 1.47 bits per heavy atom. The second-order valence-corrected chi connectivity index (χ2v) is 4.28. The van der Waals surface area contributed by atoms with Crippen LogP contribution in [0.15, 0.2) is 18.2 Å². The molecule has 90 valence electrons. The van der Waals surface area contributed by atoms with Crippen molar-refractivity contribution in [2.45, 2.75) is 13.5 Å². The van der Waals surface area contributed by atoms with E-state index in [2.05, 4.69) is 14.9 Å². The summed E-state index contributed by atoms with van der Waals surface area (Å²) in [6.07, 6.45) is 0. The third-order valence-electron chi connectivity index (χ3n) is 2.23. The number of halogens is 1. The van der Waals surface area contributed by atoms with Gasteiger partial charge in [-0.2, -0.15) is 0 Å². The first-order chi connectivity index (χ1) is 8.20. The first-order valence-corrected chi connectivity index (χ1v) is 5.86. The highest BCUT2D eigenvalue weighted by molar-refractivity contribution is 7.10. The molecule has 0 saturated carbocycles. The second-order valence-electron chi connectivity index (χ2n) is 3.52. The number of nitrogens with zero attached hydrogens (tertiary/aromatic N) is 2. The molecule has 2 rings (SSSR count). The maximum atomic E-state index is 13.4. The van der Waals surface area contributed by atoms with Gasteiger partial charge >= 0.3 is 0 Å². The van der Waals surface area contributed by atoms with Crippen molar-refractivity contribution in [3.63, 3.8) is 0 Å². The summed E-state index contributed by atoms with van der Waals surface area (Å²) in [6, 6.07) is 4.75. The van der Waals surface area contributed by atoms with Gasteiger partial charge in [0.1, 0.15) is 17.3 Å². The topological polar surface area (TPSA) is 47.0 Å². The minimum atomic E-state index is -0.371. The quantitative estimate of drug-likeness (QED) is 0.909. The minimum Gasteiger partial charge on any atom is -0.484 e. The molecule has 1 aromatic carbocycles. The molecular formula is C11H12FN3OS. The van der Waals surface area contributed by atoms with E-state index >= 15 is 0 Å². The zero-order valence-corrected chi connectivity index (χ0v) is 10.3.